The molecule has 0 radical (unpaired) electrons. The summed E-state index contributed by atoms with van der Waals surface area (Å²) in [4.78, 5) is 27.8. The average Bonchev–Trinajstić information content (AvgIpc) is 3.69. The van der Waals surface area contributed by atoms with E-state index < -0.39 is 11.6 Å². The Morgan fingerprint density at radius 3 is 2.23 bits per heavy atom. The van der Waals surface area contributed by atoms with Crippen LogP contribution in [0.3, 0.4) is 0 Å². The molecule has 39 heavy (non-hydrogen) atoms. The standard InChI is InChI=1S/C28H40N6O5/c1-5-38-23-16-22(17-24(39-6-2)25(23)20(4)35)19(3)34(14-15-37-18-21-10-8-7-9-11-21)27(36)31-28(12-13-28)26(29)32-33-30/h7-11,16-17,19,33H,5-6,12-15,18,30H2,1-4H3,(H2,29,32)(H,31,36). The first-order chi connectivity index (χ1) is 18.8. The predicted octanol–water partition coefficient (Wildman–Crippen LogP) is 3.24. The molecule has 0 aliphatic heterocycles. The van der Waals surface area contributed by atoms with Gasteiger partial charge in [-0.2, -0.15) is 0 Å². The minimum atomic E-state index is -0.752. The molecule has 2 aromatic carbocycles. The summed E-state index contributed by atoms with van der Waals surface area (Å²) in [6.45, 7) is 8.85. The molecule has 0 heterocycles. The lowest BCUT2D eigenvalue weighted by Crippen LogP contribution is -2.53. The summed E-state index contributed by atoms with van der Waals surface area (Å²) >= 11 is 0. The number of amidine groups is 1. The number of benzene rings is 2. The molecule has 11 heteroatoms. The fourth-order valence-corrected chi connectivity index (χ4v) is 4.34. The highest BCUT2D eigenvalue weighted by atomic mass is 16.5. The number of amides is 2. The van der Waals surface area contributed by atoms with E-state index in [0.29, 0.717) is 62.9 Å². The molecule has 1 aliphatic rings. The number of hydrazone groups is 1. The van der Waals surface area contributed by atoms with Crippen molar-refractivity contribution in [2.45, 2.75) is 58.7 Å². The summed E-state index contributed by atoms with van der Waals surface area (Å²) in [7, 11) is 0. The number of carbonyl (C=O) groups excluding carboxylic acids is 2. The summed E-state index contributed by atoms with van der Waals surface area (Å²) in [6, 6.07) is 12.7. The van der Waals surface area contributed by atoms with Gasteiger partial charge in [-0.05, 0) is 63.8 Å². The first-order valence-electron chi connectivity index (χ1n) is 13.2. The van der Waals surface area contributed by atoms with Crippen molar-refractivity contribution in [3.05, 3.63) is 59.2 Å². The van der Waals surface area contributed by atoms with Crippen LogP contribution in [-0.4, -0.2) is 54.5 Å². The minimum Gasteiger partial charge on any atom is -0.493 e. The molecule has 6 N–H and O–H groups in total. The number of nitrogens with two attached hydrogens (primary N) is 2. The zero-order valence-electron chi connectivity index (χ0n) is 23.2. The van der Waals surface area contributed by atoms with Gasteiger partial charge in [-0.25, -0.2) is 16.2 Å². The second kappa shape index (κ2) is 13.8. The summed E-state index contributed by atoms with van der Waals surface area (Å²) < 4.78 is 17.5. The van der Waals surface area contributed by atoms with E-state index in [9.17, 15) is 9.59 Å². The molecular weight excluding hydrogens is 500 g/mol. The van der Waals surface area contributed by atoms with Gasteiger partial charge in [-0.3, -0.25) is 4.79 Å². The van der Waals surface area contributed by atoms with Crippen LogP contribution in [0.1, 0.15) is 68.1 Å². The molecule has 3 rings (SSSR count). The predicted molar refractivity (Wildman–Crippen MR) is 149 cm³/mol. The van der Waals surface area contributed by atoms with Crippen LogP contribution in [-0.2, 0) is 11.3 Å². The Balaban J connectivity index is 1.89. The SMILES string of the molecule is CCOc1cc(C(C)N(CCOCc2ccccc2)C(=O)NC2(/C(N)=N/NN)CC2)cc(OCC)c1C(C)=O. The normalized spacial score (nSPS) is 14.7. The van der Waals surface area contributed by atoms with Crippen LogP contribution in [0.25, 0.3) is 0 Å². The molecule has 2 amide bonds. The highest BCUT2D eigenvalue weighted by Gasteiger charge is 2.49. The zero-order valence-corrected chi connectivity index (χ0v) is 23.2. The van der Waals surface area contributed by atoms with Crippen LogP contribution in [0.4, 0.5) is 4.79 Å². The van der Waals surface area contributed by atoms with E-state index in [2.05, 4.69) is 16.0 Å². The van der Waals surface area contributed by atoms with Crippen LogP contribution in [0.15, 0.2) is 47.6 Å². The Bertz CT molecular complexity index is 1130. The third-order valence-electron chi connectivity index (χ3n) is 6.61. The van der Waals surface area contributed by atoms with E-state index in [1.54, 1.807) is 17.0 Å². The summed E-state index contributed by atoms with van der Waals surface area (Å²) in [5, 5.41) is 6.91. The second-order valence-corrected chi connectivity index (χ2v) is 9.36. The molecule has 212 valence electrons. The fourth-order valence-electron chi connectivity index (χ4n) is 4.34. The van der Waals surface area contributed by atoms with E-state index in [1.165, 1.54) is 6.92 Å². The Morgan fingerprint density at radius 1 is 1.10 bits per heavy atom. The van der Waals surface area contributed by atoms with Gasteiger partial charge in [0.1, 0.15) is 28.4 Å². The maximum atomic E-state index is 13.7. The average molecular weight is 541 g/mol. The Hall–Kier alpha value is -3.83. The number of Topliss-reactive ketones (excluding diaryl/α,β-unsaturated/α-hetero) is 1. The number of hydrogen-bond donors (Lipinski definition) is 4. The molecule has 0 aromatic heterocycles. The van der Waals surface area contributed by atoms with Crippen molar-refractivity contribution in [1.82, 2.24) is 15.8 Å². The van der Waals surface area contributed by atoms with Crippen molar-refractivity contribution in [1.29, 1.82) is 0 Å². The van der Waals surface area contributed by atoms with Crippen LogP contribution in [0, 0.1) is 0 Å². The van der Waals surface area contributed by atoms with Gasteiger partial charge < -0.3 is 30.2 Å². The van der Waals surface area contributed by atoms with Gasteiger partial charge in [-0.15, -0.1) is 5.10 Å². The third kappa shape index (κ3) is 7.61. The van der Waals surface area contributed by atoms with Crippen molar-refractivity contribution < 1.29 is 23.8 Å². The number of hydrogen-bond acceptors (Lipinski definition) is 8. The number of nitrogens with one attached hydrogen (secondary N) is 2. The first-order valence-corrected chi connectivity index (χ1v) is 13.2. The molecule has 0 bridgehead atoms. The van der Waals surface area contributed by atoms with Gasteiger partial charge in [0.2, 0.25) is 0 Å². The quantitative estimate of drug-likeness (QED) is 0.0671. The van der Waals surface area contributed by atoms with Gasteiger partial charge in [0.15, 0.2) is 5.78 Å². The summed E-state index contributed by atoms with van der Waals surface area (Å²) in [6.07, 6.45) is 1.30. The molecular formula is C28H40N6O5. The number of ether oxygens (including phenoxy) is 3. The zero-order chi connectivity index (χ0) is 28.4. The van der Waals surface area contributed by atoms with Crippen molar-refractivity contribution in [2.75, 3.05) is 26.4 Å². The topological polar surface area (TPSA) is 154 Å². The number of ketones is 1. The van der Waals surface area contributed by atoms with Gasteiger partial charge in [-0.1, -0.05) is 30.3 Å². The summed E-state index contributed by atoms with van der Waals surface area (Å²) in [5.41, 5.74) is 9.70. The largest absolute Gasteiger partial charge is 0.493 e. The van der Waals surface area contributed by atoms with E-state index in [-0.39, 0.29) is 17.6 Å². The lowest BCUT2D eigenvalue weighted by atomic mass is 10.0. The van der Waals surface area contributed by atoms with Crippen molar-refractivity contribution >= 4 is 17.6 Å². The molecule has 1 aliphatic carbocycles. The Morgan fingerprint density at radius 2 is 1.72 bits per heavy atom. The van der Waals surface area contributed by atoms with Crippen molar-refractivity contribution in [2.24, 2.45) is 16.7 Å². The second-order valence-electron chi connectivity index (χ2n) is 9.36. The molecule has 1 atom stereocenters. The maximum absolute atomic E-state index is 13.7. The summed E-state index contributed by atoms with van der Waals surface area (Å²) in [5.74, 6) is 6.20. The Labute approximate surface area is 229 Å². The van der Waals surface area contributed by atoms with E-state index >= 15 is 0 Å². The Kier molecular flexibility index (Phi) is 10.5. The lowest BCUT2D eigenvalue weighted by molar-refractivity contribution is 0.0889. The molecule has 0 spiro atoms. The number of urea groups is 1. The number of rotatable bonds is 15. The molecule has 1 unspecified atom stereocenters. The number of hydrazine groups is 1. The van der Waals surface area contributed by atoms with Gasteiger partial charge in [0, 0.05) is 6.54 Å². The van der Waals surface area contributed by atoms with Gasteiger partial charge in [0.05, 0.1) is 32.5 Å². The van der Waals surface area contributed by atoms with Gasteiger partial charge >= 0.3 is 6.03 Å². The number of carbonyl (C=O) groups is 2. The van der Waals surface area contributed by atoms with E-state index in [0.717, 1.165) is 11.1 Å². The fraction of sp³-hybridized carbons (Fsp3) is 0.464. The number of nitrogens with zero attached hydrogens (tertiary/aromatic N) is 2. The molecule has 1 fully saturated rings. The van der Waals surface area contributed by atoms with E-state index in [4.69, 9.17) is 25.8 Å². The molecule has 11 nitrogen and oxygen atoms in total. The first kappa shape index (κ1) is 29.7. The van der Waals surface area contributed by atoms with Crippen molar-refractivity contribution in [3.63, 3.8) is 0 Å². The highest BCUT2D eigenvalue weighted by molar-refractivity contribution is 6.00. The van der Waals surface area contributed by atoms with Crippen LogP contribution in [0.5, 0.6) is 11.5 Å². The molecule has 1 saturated carbocycles. The van der Waals surface area contributed by atoms with E-state index in [1.807, 2.05) is 51.1 Å². The lowest BCUT2D eigenvalue weighted by Gasteiger charge is -2.32. The molecule has 0 saturated heterocycles. The van der Waals surface area contributed by atoms with Crippen LogP contribution < -0.4 is 31.9 Å². The smallest absolute Gasteiger partial charge is 0.318 e. The highest BCUT2D eigenvalue weighted by Crippen LogP contribution is 2.38. The molecule has 2 aromatic rings. The monoisotopic (exact) mass is 540 g/mol. The maximum Gasteiger partial charge on any atom is 0.318 e. The minimum absolute atomic E-state index is 0.163. The third-order valence-corrected chi connectivity index (χ3v) is 6.61. The van der Waals surface area contributed by atoms with Crippen LogP contribution >= 0.6 is 0 Å². The van der Waals surface area contributed by atoms with Gasteiger partial charge in [0.25, 0.3) is 0 Å². The van der Waals surface area contributed by atoms with Crippen molar-refractivity contribution in [3.8, 4) is 11.5 Å². The van der Waals surface area contributed by atoms with Crippen LogP contribution in [0.2, 0.25) is 0 Å².